The molecular weight excluding hydrogens is 277 g/mol. The number of hydrogen-bond donors (Lipinski definition) is 0. The second-order valence-corrected chi connectivity index (χ2v) is 3.92. The van der Waals surface area contributed by atoms with Crippen molar-refractivity contribution in [2.45, 2.75) is 0 Å². The predicted molar refractivity (Wildman–Crippen MR) is 65.6 cm³/mol. The minimum Gasteiger partial charge on any atom is -0.490 e. The van der Waals surface area contributed by atoms with Crippen LogP contribution in [0.15, 0.2) is 24.5 Å². The first-order chi connectivity index (χ1) is 9.02. The Labute approximate surface area is 112 Å². The number of nitro benzene ring substituents is 1. The first kappa shape index (κ1) is 13.2. The van der Waals surface area contributed by atoms with Crippen LogP contribution in [-0.2, 0) is 0 Å². The Kier molecular flexibility index (Phi) is 3.57. The Hall–Kier alpha value is -2.28. The number of hydrogen-bond acceptors (Lipinski definition) is 5. The van der Waals surface area contributed by atoms with Crippen LogP contribution >= 0.6 is 11.6 Å². The van der Waals surface area contributed by atoms with E-state index in [9.17, 15) is 14.5 Å². The Balaban J connectivity index is 2.68. The van der Waals surface area contributed by atoms with Crippen LogP contribution in [-0.4, -0.2) is 22.0 Å². The Morgan fingerprint density at radius 1 is 1.37 bits per heavy atom. The molecule has 0 aliphatic heterocycles. The molecule has 2 rings (SSSR count). The Morgan fingerprint density at radius 3 is 2.53 bits per heavy atom. The van der Waals surface area contributed by atoms with Crippen molar-refractivity contribution in [1.29, 1.82) is 0 Å². The maximum atomic E-state index is 12.8. The molecule has 19 heavy (non-hydrogen) atoms. The fraction of sp³-hybridized carbons (Fsp3) is 0.0909. The van der Waals surface area contributed by atoms with Crippen molar-refractivity contribution in [2.75, 3.05) is 7.11 Å². The van der Waals surface area contributed by atoms with E-state index in [-0.39, 0.29) is 27.8 Å². The summed E-state index contributed by atoms with van der Waals surface area (Å²) in [5.41, 5.74) is -0.0837. The molecule has 98 valence electrons. The SMILES string of the molecule is COc1c(-c2ncc(F)cn2)cc(Cl)cc1[N+](=O)[O-]. The lowest BCUT2D eigenvalue weighted by molar-refractivity contribution is -0.385. The molecule has 0 unspecified atom stereocenters. The van der Waals surface area contributed by atoms with Gasteiger partial charge in [0.2, 0.25) is 5.75 Å². The minimum absolute atomic E-state index is 0.0268. The van der Waals surface area contributed by atoms with Gasteiger partial charge in [-0.05, 0) is 6.07 Å². The smallest absolute Gasteiger partial charge is 0.313 e. The highest BCUT2D eigenvalue weighted by Gasteiger charge is 2.22. The average Bonchev–Trinajstić information content (AvgIpc) is 2.38. The van der Waals surface area contributed by atoms with Crippen LogP contribution in [0, 0.1) is 15.9 Å². The van der Waals surface area contributed by atoms with Crippen molar-refractivity contribution in [3.05, 3.63) is 45.5 Å². The van der Waals surface area contributed by atoms with Crippen molar-refractivity contribution < 1.29 is 14.1 Å². The molecule has 1 aromatic heterocycles. The van der Waals surface area contributed by atoms with Crippen LogP contribution in [0.1, 0.15) is 0 Å². The number of rotatable bonds is 3. The number of nitro groups is 1. The van der Waals surface area contributed by atoms with Crippen LogP contribution in [0.25, 0.3) is 11.4 Å². The highest BCUT2D eigenvalue weighted by molar-refractivity contribution is 6.31. The standard InChI is InChI=1S/C11H7ClFN3O3/c1-19-10-8(11-14-4-7(13)5-15-11)2-6(12)3-9(10)16(17)18/h2-5H,1H3. The molecule has 0 aliphatic carbocycles. The van der Waals surface area contributed by atoms with Gasteiger partial charge in [0.05, 0.1) is 30.0 Å². The summed E-state index contributed by atoms with van der Waals surface area (Å²) >= 11 is 5.81. The van der Waals surface area contributed by atoms with Crippen molar-refractivity contribution in [3.63, 3.8) is 0 Å². The van der Waals surface area contributed by atoms with E-state index in [0.717, 1.165) is 18.5 Å². The fourth-order valence-corrected chi connectivity index (χ4v) is 1.76. The third-order valence-electron chi connectivity index (χ3n) is 2.30. The average molecular weight is 284 g/mol. The Bertz CT molecular complexity index is 634. The minimum atomic E-state index is -0.627. The molecule has 0 N–H and O–H groups in total. The van der Waals surface area contributed by atoms with Gasteiger partial charge in [-0.1, -0.05) is 11.6 Å². The van der Waals surface area contributed by atoms with E-state index in [2.05, 4.69) is 9.97 Å². The largest absolute Gasteiger partial charge is 0.490 e. The number of halogens is 2. The summed E-state index contributed by atoms with van der Waals surface area (Å²) in [6.07, 6.45) is 1.91. The first-order valence-electron chi connectivity index (χ1n) is 5.02. The summed E-state index contributed by atoms with van der Waals surface area (Å²) in [6, 6.07) is 2.58. The van der Waals surface area contributed by atoms with Crippen LogP contribution in [0.5, 0.6) is 5.75 Å². The Morgan fingerprint density at radius 2 is 2.00 bits per heavy atom. The monoisotopic (exact) mass is 283 g/mol. The van der Waals surface area contributed by atoms with Gasteiger partial charge in [0, 0.05) is 11.1 Å². The third-order valence-corrected chi connectivity index (χ3v) is 2.51. The topological polar surface area (TPSA) is 78.2 Å². The lowest BCUT2D eigenvalue weighted by atomic mass is 10.1. The highest BCUT2D eigenvalue weighted by atomic mass is 35.5. The maximum absolute atomic E-state index is 12.8. The summed E-state index contributed by atoms with van der Waals surface area (Å²) in [5, 5.41) is 11.1. The van der Waals surface area contributed by atoms with E-state index in [1.807, 2.05) is 0 Å². The molecule has 0 amide bonds. The molecule has 1 heterocycles. The normalized spacial score (nSPS) is 10.3. The molecule has 0 radical (unpaired) electrons. The molecule has 0 saturated carbocycles. The summed E-state index contributed by atoms with van der Waals surface area (Å²) in [4.78, 5) is 17.8. The van der Waals surface area contributed by atoms with Gasteiger partial charge in [-0.15, -0.1) is 0 Å². The number of methoxy groups -OCH3 is 1. The fourth-order valence-electron chi connectivity index (χ4n) is 1.55. The number of ether oxygens (including phenoxy) is 1. The summed E-state index contributed by atoms with van der Waals surface area (Å²) in [5.74, 6) is -0.552. The van der Waals surface area contributed by atoms with Crippen LogP contribution < -0.4 is 4.74 Å². The maximum Gasteiger partial charge on any atom is 0.313 e. The predicted octanol–water partition coefficient (Wildman–Crippen LogP) is 2.85. The van der Waals surface area contributed by atoms with Gasteiger partial charge in [-0.2, -0.15) is 0 Å². The molecule has 8 heteroatoms. The van der Waals surface area contributed by atoms with E-state index in [1.165, 1.54) is 13.2 Å². The second kappa shape index (κ2) is 5.15. The molecule has 2 aromatic rings. The van der Waals surface area contributed by atoms with Crippen LogP contribution in [0.3, 0.4) is 0 Å². The zero-order valence-corrected chi connectivity index (χ0v) is 10.4. The number of aromatic nitrogens is 2. The van der Waals surface area contributed by atoms with E-state index >= 15 is 0 Å². The first-order valence-corrected chi connectivity index (χ1v) is 5.40. The van der Waals surface area contributed by atoms with Crippen molar-refractivity contribution >= 4 is 17.3 Å². The molecule has 0 aliphatic rings. The number of nitrogens with zero attached hydrogens (tertiary/aromatic N) is 3. The molecular formula is C11H7ClFN3O3. The van der Waals surface area contributed by atoms with E-state index < -0.39 is 10.7 Å². The highest BCUT2D eigenvalue weighted by Crippen LogP contribution is 2.38. The molecule has 0 bridgehead atoms. The van der Waals surface area contributed by atoms with Gasteiger partial charge >= 0.3 is 5.69 Å². The van der Waals surface area contributed by atoms with Gasteiger partial charge in [-0.25, -0.2) is 14.4 Å². The van der Waals surface area contributed by atoms with E-state index in [0.29, 0.717) is 0 Å². The quantitative estimate of drug-likeness (QED) is 0.639. The van der Waals surface area contributed by atoms with Gasteiger partial charge < -0.3 is 4.74 Å². The molecule has 0 spiro atoms. The van der Waals surface area contributed by atoms with Gasteiger partial charge in [0.1, 0.15) is 0 Å². The van der Waals surface area contributed by atoms with Gasteiger partial charge in [0.15, 0.2) is 11.6 Å². The van der Waals surface area contributed by atoms with Gasteiger partial charge in [0.25, 0.3) is 0 Å². The molecule has 1 aromatic carbocycles. The lowest BCUT2D eigenvalue weighted by Gasteiger charge is -2.08. The van der Waals surface area contributed by atoms with E-state index in [4.69, 9.17) is 16.3 Å². The van der Waals surface area contributed by atoms with Crippen molar-refractivity contribution in [1.82, 2.24) is 9.97 Å². The van der Waals surface area contributed by atoms with Crippen molar-refractivity contribution in [3.8, 4) is 17.1 Å². The third kappa shape index (κ3) is 2.60. The molecule has 0 atom stereocenters. The zero-order valence-electron chi connectivity index (χ0n) is 9.63. The zero-order chi connectivity index (χ0) is 14.0. The molecule has 6 nitrogen and oxygen atoms in total. The van der Waals surface area contributed by atoms with Gasteiger partial charge in [-0.3, -0.25) is 10.1 Å². The molecule has 0 saturated heterocycles. The second-order valence-electron chi connectivity index (χ2n) is 3.49. The summed E-state index contributed by atoms with van der Waals surface area (Å²) < 4.78 is 17.8. The van der Waals surface area contributed by atoms with E-state index in [1.54, 1.807) is 0 Å². The lowest BCUT2D eigenvalue weighted by Crippen LogP contribution is -1.98. The van der Waals surface area contributed by atoms with Crippen LogP contribution in [0.4, 0.5) is 10.1 Å². The summed E-state index contributed by atoms with van der Waals surface area (Å²) in [6.45, 7) is 0. The summed E-state index contributed by atoms with van der Waals surface area (Å²) in [7, 11) is 1.28. The molecule has 0 fully saturated rings. The number of benzene rings is 1. The van der Waals surface area contributed by atoms with Crippen molar-refractivity contribution in [2.24, 2.45) is 0 Å². The van der Waals surface area contributed by atoms with Crippen LogP contribution in [0.2, 0.25) is 5.02 Å².